The normalized spacial score (nSPS) is 31.3. The molecule has 2 saturated heterocycles. The third kappa shape index (κ3) is 5.04. The molecule has 1 atom stereocenters. The summed E-state index contributed by atoms with van der Waals surface area (Å²) in [4.78, 5) is 29.6. The first-order valence-corrected chi connectivity index (χ1v) is 12.5. The minimum Gasteiger partial charge on any atom is -0.342 e. The molecular formula is C20H34N2O4S. The van der Waals surface area contributed by atoms with Gasteiger partial charge in [-0.05, 0) is 51.9 Å². The SMILES string of the molecule is CCN(C(=O)C1CCC(C(=O)N2CCCCCC2)CC1)C1CCS(=O)(=O)C1. The number of hydrogen-bond acceptors (Lipinski definition) is 4. The van der Waals surface area contributed by atoms with E-state index in [4.69, 9.17) is 0 Å². The maximum Gasteiger partial charge on any atom is 0.225 e. The van der Waals surface area contributed by atoms with E-state index in [0.29, 0.717) is 13.0 Å². The molecular weight excluding hydrogens is 364 g/mol. The van der Waals surface area contributed by atoms with Crippen molar-refractivity contribution in [1.82, 2.24) is 9.80 Å². The highest BCUT2D eigenvalue weighted by molar-refractivity contribution is 7.91. The summed E-state index contributed by atoms with van der Waals surface area (Å²) in [6, 6.07) is -0.163. The molecule has 1 unspecified atom stereocenters. The second kappa shape index (κ2) is 8.93. The first-order chi connectivity index (χ1) is 12.9. The third-order valence-corrected chi connectivity index (χ3v) is 8.37. The van der Waals surface area contributed by atoms with Crippen LogP contribution in [0.25, 0.3) is 0 Å². The molecule has 7 heteroatoms. The number of carbonyl (C=O) groups excluding carboxylic acids is 2. The Morgan fingerprint density at radius 3 is 2.04 bits per heavy atom. The van der Waals surface area contributed by atoms with Crippen LogP contribution in [0.15, 0.2) is 0 Å². The minimum absolute atomic E-state index is 0.0542. The van der Waals surface area contributed by atoms with E-state index in [1.807, 2.05) is 11.8 Å². The Morgan fingerprint density at radius 1 is 0.926 bits per heavy atom. The zero-order valence-corrected chi connectivity index (χ0v) is 17.4. The van der Waals surface area contributed by atoms with E-state index in [1.54, 1.807) is 4.90 Å². The molecule has 3 aliphatic rings. The molecule has 0 aromatic heterocycles. The number of amides is 2. The van der Waals surface area contributed by atoms with Gasteiger partial charge in [0, 0.05) is 37.5 Å². The molecule has 6 nitrogen and oxygen atoms in total. The van der Waals surface area contributed by atoms with Crippen LogP contribution in [0.5, 0.6) is 0 Å². The van der Waals surface area contributed by atoms with Crippen LogP contribution in [0.4, 0.5) is 0 Å². The van der Waals surface area contributed by atoms with Gasteiger partial charge >= 0.3 is 0 Å². The first-order valence-electron chi connectivity index (χ1n) is 10.7. The van der Waals surface area contributed by atoms with Crippen LogP contribution in [-0.4, -0.2) is 67.2 Å². The molecule has 0 aromatic rings. The average molecular weight is 399 g/mol. The molecule has 0 aromatic carbocycles. The smallest absolute Gasteiger partial charge is 0.225 e. The Labute approximate surface area is 163 Å². The van der Waals surface area contributed by atoms with E-state index in [0.717, 1.165) is 51.6 Å². The highest BCUT2D eigenvalue weighted by atomic mass is 32.2. The summed E-state index contributed by atoms with van der Waals surface area (Å²) in [6.45, 7) is 4.26. The molecule has 27 heavy (non-hydrogen) atoms. The van der Waals surface area contributed by atoms with Crippen molar-refractivity contribution in [1.29, 1.82) is 0 Å². The van der Waals surface area contributed by atoms with Crippen LogP contribution in [0.3, 0.4) is 0 Å². The van der Waals surface area contributed by atoms with Crippen molar-refractivity contribution in [2.75, 3.05) is 31.1 Å². The number of rotatable bonds is 4. The Balaban J connectivity index is 1.53. The van der Waals surface area contributed by atoms with Gasteiger partial charge in [0.05, 0.1) is 11.5 Å². The van der Waals surface area contributed by atoms with Crippen LogP contribution in [0, 0.1) is 11.8 Å². The highest BCUT2D eigenvalue weighted by Crippen LogP contribution is 2.33. The molecule has 0 radical (unpaired) electrons. The van der Waals surface area contributed by atoms with E-state index in [-0.39, 0.29) is 41.2 Å². The van der Waals surface area contributed by atoms with Crippen molar-refractivity contribution < 1.29 is 18.0 Å². The zero-order chi connectivity index (χ0) is 19.4. The lowest BCUT2D eigenvalue weighted by atomic mass is 9.80. The third-order valence-electron chi connectivity index (χ3n) is 6.62. The van der Waals surface area contributed by atoms with E-state index < -0.39 is 9.84 Å². The molecule has 154 valence electrons. The number of sulfone groups is 1. The molecule has 0 bridgehead atoms. The zero-order valence-electron chi connectivity index (χ0n) is 16.6. The Kier molecular flexibility index (Phi) is 6.82. The summed E-state index contributed by atoms with van der Waals surface area (Å²) in [5, 5.41) is 0. The van der Waals surface area contributed by atoms with Gasteiger partial charge in [-0.3, -0.25) is 9.59 Å². The molecule has 1 aliphatic carbocycles. The fourth-order valence-electron chi connectivity index (χ4n) is 4.99. The van der Waals surface area contributed by atoms with E-state index in [2.05, 4.69) is 0 Å². The van der Waals surface area contributed by atoms with Gasteiger partial charge in [0.25, 0.3) is 0 Å². The van der Waals surface area contributed by atoms with Crippen molar-refractivity contribution in [2.24, 2.45) is 11.8 Å². The molecule has 0 N–H and O–H groups in total. The van der Waals surface area contributed by atoms with E-state index in [1.165, 1.54) is 12.8 Å². The standard InChI is InChI=1S/C20H34N2O4S/c1-2-22(18-11-14-27(25,26)15-18)20(24)17-9-7-16(8-10-17)19(23)21-12-5-3-4-6-13-21/h16-18H,2-15H2,1H3. The second-order valence-corrected chi connectivity index (χ2v) is 10.7. The maximum absolute atomic E-state index is 13.0. The average Bonchev–Trinajstić information content (AvgIpc) is 2.87. The fourth-order valence-corrected chi connectivity index (χ4v) is 6.72. The summed E-state index contributed by atoms with van der Waals surface area (Å²) in [6.07, 6.45) is 8.27. The molecule has 3 rings (SSSR count). The summed E-state index contributed by atoms with van der Waals surface area (Å²) in [5.74, 6) is 0.696. The molecule has 0 spiro atoms. The number of likely N-dealkylation sites (tertiary alicyclic amines) is 1. The molecule has 1 saturated carbocycles. The second-order valence-electron chi connectivity index (χ2n) is 8.47. The van der Waals surface area contributed by atoms with Gasteiger partial charge in [-0.2, -0.15) is 0 Å². The summed E-state index contributed by atoms with van der Waals surface area (Å²) >= 11 is 0. The summed E-state index contributed by atoms with van der Waals surface area (Å²) in [5.41, 5.74) is 0. The predicted octanol–water partition coefficient (Wildman–Crippen LogP) is 2.23. The van der Waals surface area contributed by atoms with E-state index >= 15 is 0 Å². The molecule has 3 fully saturated rings. The fraction of sp³-hybridized carbons (Fsp3) is 0.900. The van der Waals surface area contributed by atoms with Crippen molar-refractivity contribution >= 4 is 21.7 Å². The topological polar surface area (TPSA) is 74.8 Å². The Hall–Kier alpha value is -1.11. The van der Waals surface area contributed by atoms with Gasteiger partial charge in [0.2, 0.25) is 11.8 Å². The monoisotopic (exact) mass is 398 g/mol. The molecule has 2 aliphatic heterocycles. The lowest BCUT2D eigenvalue weighted by Crippen LogP contribution is -2.45. The molecule has 2 amide bonds. The molecule has 2 heterocycles. The first kappa shape index (κ1) is 20.6. The summed E-state index contributed by atoms with van der Waals surface area (Å²) in [7, 11) is -2.99. The number of hydrogen-bond donors (Lipinski definition) is 0. The van der Waals surface area contributed by atoms with E-state index in [9.17, 15) is 18.0 Å². The predicted molar refractivity (Wildman–Crippen MR) is 105 cm³/mol. The van der Waals surface area contributed by atoms with Crippen molar-refractivity contribution in [3.8, 4) is 0 Å². The van der Waals surface area contributed by atoms with Gasteiger partial charge in [-0.1, -0.05) is 12.8 Å². The van der Waals surface area contributed by atoms with Crippen molar-refractivity contribution in [3.05, 3.63) is 0 Å². The van der Waals surface area contributed by atoms with Gasteiger partial charge in [-0.15, -0.1) is 0 Å². The van der Waals surface area contributed by atoms with Gasteiger partial charge < -0.3 is 9.80 Å². The van der Waals surface area contributed by atoms with Gasteiger partial charge in [-0.25, -0.2) is 8.42 Å². The highest BCUT2D eigenvalue weighted by Gasteiger charge is 2.38. The minimum atomic E-state index is -2.99. The van der Waals surface area contributed by atoms with Crippen molar-refractivity contribution in [2.45, 2.75) is 70.8 Å². The lowest BCUT2D eigenvalue weighted by molar-refractivity contribution is -0.142. The van der Waals surface area contributed by atoms with Gasteiger partial charge in [0.15, 0.2) is 9.84 Å². The Bertz CT molecular complexity index is 632. The lowest BCUT2D eigenvalue weighted by Gasteiger charge is -2.35. The van der Waals surface area contributed by atoms with Crippen LogP contribution < -0.4 is 0 Å². The van der Waals surface area contributed by atoms with Crippen molar-refractivity contribution in [3.63, 3.8) is 0 Å². The van der Waals surface area contributed by atoms with Gasteiger partial charge in [0.1, 0.15) is 0 Å². The van der Waals surface area contributed by atoms with Crippen LogP contribution in [0.2, 0.25) is 0 Å². The maximum atomic E-state index is 13.0. The Morgan fingerprint density at radius 2 is 1.52 bits per heavy atom. The number of nitrogens with zero attached hydrogens (tertiary/aromatic N) is 2. The summed E-state index contributed by atoms with van der Waals surface area (Å²) < 4.78 is 23.5. The van der Waals surface area contributed by atoms with Crippen LogP contribution >= 0.6 is 0 Å². The van der Waals surface area contributed by atoms with Crippen LogP contribution in [-0.2, 0) is 19.4 Å². The largest absolute Gasteiger partial charge is 0.342 e. The number of carbonyl (C=O) groups is 2. The van der Waals surface area contributed by atoms with Crippen LogP contribution in [0.1, 0.15) is 64.7 Å². The quantitative estimate of drug-likeness (QED) is 0.728.